The van der Waals surface area contributed by atoms with Gasteiger partial charge in [0.2, 0.25) is 5.91 Å². The number of aliphatic imine (C=N–C) groups is 1. The molecule has 0 aliphatic carbocycles. The first kappa shape index (κ1) is 16.4. The van der Waals surface area contributed by atoms with Crippen LogP contribution in [-0.2, 0) is 9.53 Å². The Labute approximate surface area is 130 Å². The van der Waals surface area contributed by atoms with Crippen LogP contribution in [0.25, 0.3) is 0 Å². The normalized spacial score (nSPS) is 21.8. The second-order valence-corrected chi connectivity index (χ2v) is 4.47. The van der Waals surface area contributed by atoms with Crippen LogP contribution in [0.3, 0.4) is 0 Å². The van der Waals surface area contributed by atoms with E-state index in [1.165, 1.54) is 0 Å². The third kappa shape index (κ3) is 5.49. The summed E-state index contributed by atoms with van der Waals surface area (Å²) in [5.41, 5.74) is 5.91. The van der Waals surface area contributed by atoms with Crippen molar-refractivity contribution in [2.45, 2.75) is 0 Å². The number of hydrogen-bond acceptors (Lipinski definition) is 4. The highest BCUT2D eigenvalue weighted by atomic mass is 127. The first-order valence-corrected chi connectivity index (χ1v) is 6.37. The number of nitrogens with two attached hydrogens (primary N) is 1. The largest absolute Gasteiger partial charge is 0.378 e. The number of guanidine groups is 1. The Morgan fingerprint density at radius 3 is 2.79 bits per heavy atom. The molecule has 0 aromatic carbocycles. The topological polar surface area (TPSA) is 83.2 Å². The molecule has 0 spiro atoms. The molecular formula is C11H22IN5O2. The smallest absolute Gasteiger partial charge is 0.234 e. The average molecular weight is 383 g/mol. The fraction of sp³-hybridized carbons (Fsp3) is 0.818. The number of halogens is 1. The van der Waals surface area contributed by atoms with Crippen LogP contribution in [0.5, 0.6) is 0 Å². The zero-order chi connectivity index (χ0) is 12.8. The SMILES string of the molecule is I.NC(=NCCN1CCNC(=O)C1)N1CCOCC1. The minimum Gasteiger partial charge on any atom is -0.378 e. The van der Waals surface area contributed by atoms with E-state index in [9.17, 15) is 4.79 Å². The van der Waals surface area contributed by atoms with Gasteiger partial charge >= 0.3 is 0 Å². The predicted molar refractivity (Wildman–Crippen MR) is 83.7 cm³/mol. The van der Waals surface area contributed by atoms with Crippen LogP contribution < -0.4 is 11.1 Å². The molecule has 8 heteroatoms. The Balaban J connectivity index is 0.00000180. The van der Waals surface area contributed by atoms with Crippen LogP contribution in [0.4, 0.5) is 0 Å². The number of hydrogen-bond donors (Lipinski definition) is 2. The molecule has 0 saturated carbocycles. The molecule has 0 radical (unpaired) electrons. The summed E-state index contributed by atoms with van der Waals surface area (Å²) in [5.74, 6) is 0.672. The van der Waals surface area contributed by atoms with Gasteiger partial charge in [0, 0.05) is 32.7 Å². The standard InChI is InChI=1S/C11H21N5O2.HI/c12-11(16-5-7-18-8-6-16)14-2-4-15-3-1-13-10(17)9-15;/h1-9H2,(H2,12,14)(H,13,17);1H. The highest BCUT2D eigenvalue weighted by Crippen LogP contribution is 1.97. The fourth-order valence-corrected chi connectivity index (χ4v) is 2.08. The van der Waals surface area contributed by atoms with Gasteiger partial charge in [-0.1, -0.05) is 0 Å². The Morgan fingerprint density at radius 2 is 2.11 bits per heavy atom. The second kappa shape index (κ2) is 8.54. The molecule has 2 aliphatic rings. The molecule has 7 nitrogen and oxygen atoms in total. The zero-order valence-corrected chi connectivity index (χ0v) is 13.3. The highest BCUT2D eigenvalue weighted by molar-refractivity contribution is 14.0. The molecular weight excluding hydrogens is 361 g/mol. The van der Waals surface area contributed by atoms with Crippen LogP contribution in [-0.4, -0.2) is 80.7 Å². The number of piperazine rings is 1. The van der Waals surface area contributed by atoms with Gasteiger partial charge in [-0.3, -0.25) is 14.7 Å². The maximum absolute atomic E-state index is 11.2. The van der Waals surface area contributed by atoms with Crippen LogP contribution in [0.15, 0.2) is 4.99 Å². The van der Waals surface area contributed by atoms with E-state index in [2.05, 4.69) is 15.2 Å². The van der Waals surface area contributed by atoms with Crippen molar-refractivity contribution in [3.8, 4) is 0 Å². The number of ether oxygens (including phenoxy) is 1. The number of nitrogens with one attached hydrogen (secondary N) is 1. The molecule has 0 bridgehead atoms. The van der Waals surface area contributed by atoms with Crippen molar-refractivity contribution in [1.29, 1.82) is 0 Å². The van der Waals surface area contributed by atoms with E-state index in [1.807, 2.05) is 4.90 Å². The molecule has 2 rings (SSSR count). The van der Waals surface area contributed by atoms with E-state index in [4.69, 9.17) is 10.5 Å². The minimum absolute atomic E-state index is 0. The molecule has 0 aromatic rings. The molecule has 2 saturated heterocycles. The molecule has 19 heavy (non-hydrogen) atoms. The van der Waals surface area contributed by atoms with Gasteiger partial charge in [0.25, 0.3) is 0 Å². The lowest BCUT2D eigenvalue weighted by Crippen LogP contribution is -2.48. The van der Waals surface area contributed by atoms with Crippen molar-refractivity contribution in [3.63, 3.8) is 0 Å². The quantitative estimate of drug-likeness (QED) is 0.359. The van der Waals surface area contributed by atoms with E-state index in [1.54, 1.807) is 0 Å². The van der Waals surface area contributed by atoms with Gasteiger partial charge < -0.3 is 20.7 Å². The lowest BCUT2D eigenvalue weighted by molar-refractivity contribution is -0.124. The second-order valence-electron chi connectivity index (χ2n) is 4.47. The van der Waals surface area contributed by atoms with Crippen molar-refractivity contribution in [2.24, 2.45) is 10.7 Å². The van der Waals surface area contributed by atoms with E-state index in [0.29, 0.717) is 32.3 Å². The first-order valence-electron chi connectivity index (χ1n) is 6.37. The summed E-state index contributed by atoms with van der Waals surface area (Å²) in [5, 5.41) is 2.80. The van der Waals surface area contributed by atoms with Gasteiger partial charge in [-0.15, -0.1) is 24.0 Å². The summed E-state index contributed by atoms with van der Waals surface area (Å²) >= 11 is 0. The van der Waals surface area contributed by atoms with Gasteiger partial charge in [0.1, 0.15) is 0 Å². The monoisotopic (exact) mass is 383 g/mol. The first-order chi connectivity index (χ1) is 8.75. The molecule has 3 N–H and O–H groups in total. The number of carbonyl (C=O) groups is 1. The average Bonchev–Trinajstić information content (AvgIpc) is 2.40. The summed E-state index contributed by atoms with van der Waals surface area (Å²) < 4.78 is 5.26. The van der Waals surface area contributed by atoms with Crippen LogP contribution in [0, 0.1) is 0 Å². The van der Waals surface area contributed by atoms with Crippen molar-refractivity contribution >= 4 is 35.8 Å². The third-order valence-corrected chi connectivity index (χ3v) is 3.14. The molecule has 0 aromatic heterocycles. The maximum atomic E-state index is 11.2. The Morgan fingerprint density at radius 1 is 1.37 bits per heavy atom. The van der Waals surface area contributed by atoms with Crippen LogP contribution in [0.2, 0.25) is 0 Å². The Hall–Kier alpha value is -0.610. The maximum Gasteiger partial charge on any atom is 0.234 e. The lowest BCUT2D eigenvalue weighted by Gasteiger charge is -2.28. The Kier molecular flexibility index (Phi) is 7.39. The van der Waals surface area contributed by atoms with E-state index in [-0.39, 0.29) is 29.9 Å². The van der Waals surface area contributed by atoms with Gasteiger partial charge in [0.05, 0.1) is 26.3 Å². The number of carbonyl (C=O) groups excluding carboxylic acids is 1. The summed E-state index contributed by atoms with van der Waals surface area (Å²) in [7, 11) is 0. The number of rotatable bonds is 3. The summed E-state index contributed by atoms with van der Waals surface area (Å²) in [6, 6.07) is 0. The summed E-state index contributed by atoms with van der Waals surface area (Å²) in [6.45, 7) is 6.52. The number of morpholine rings is 1. The van der Waals surface area contributed by atoms with E-state index < -0.39 is 0 Å². The van der Waals surface area contributed by atoms with Crippen molar-refractivity contribution in [2.75, 3.05) is 59.0 Å². The summed E-state index contributed by atoms with van der Waals surface area (Å²) in [4.78, 5) is 19.7. The third-order valence-electron chi connectivity index (χ3n) is 3.14. The molecule has 110 valence electrons. The van der Waals surface area contributed by atoms with Gasteiger partial charge in [-0.05, 0) is 0 Å². The molecule has 0 unspecified atom stereocenters. The van der Waals surface area contributed by atoms with Crippen molar-refractivity contribution in [3.05, 3.63) is 0 Å². The van der Waals surface area contributed by atoms with E-state index >= 15 is 0 Å². The van der Waals surface area contributed by atoms with E-state index in [0.717, 1.165) is 32.7 Å². The fourth-order valence-electron chi connectivity index (χ4n) is 2.08. The van der Waals surface area contributed by atoms with Gasteiger partial charge in [-0.2, -0.15) is 0 Å². The molecule has 2 fully saturated rings. The summed E-state index contributed by atoms with van der Waals surface area (Å²) in [6.07, 6.45) is 0. The number of amides is 1. The highest BCUT2D eigenvalue weighted by Gasteiger charge is 2.15. The zero-order valence-electron chi connectivity index (χ0n) is 11.0. The minimum atomic E-state index is 0. The van der Waals surface area contributed by atoms with Crippen LogP contribution >= 0.6 is 24.0 Å². The molecule has 2 heterocycles. The van der Waals surface area contributed by atoms with Crippen molar-refractivity contribution in [1.82, 2.24) is 15.1 Å². The predicted octanol–water partition coefficient (Wildman–Crippen LogP) is -1.32. The van der Waals surface area contributed by atoms with Crippen molar-refractivity contribution < 1.29 is 9.53 Å². The van der Waals surface area contributed by atoms with Gasteiger partial charge in [0.15, 0.2) is 5.96 Å². The molecule has 0 atom stereocenters. The van der Waals surface area contributed by atoms with Gasteiger partial charge in [-0.25, -0.2) is 0 Å². The number of nitrogens with zero attached hydrogens (tertiary/aromatic N) is 3. The Bertz CT molecular complexity index is 320. The molecule has 1 amide bonds. The molecule has 2 aliphatic heterocycles. The lowest BCUT2D eigenvalue weighted by atomic mass is 10.3. The van der Waals surface area contributed by atoms with Crippen LogP contribution in [0.1, 0.15) is 0 Å².